The number of rotatable bonds is 4. The van der Waals surface area contributed by atoms with E-state index in [0.717, 1.165) is 23.3 Å². The van der Waals surface area contributed by atoms with Crippen molar-refractivity contribution in [2.45, 2.75) is 6.92 Å². The van der Waals surface area contributed by atoms with Gasteiger partial charge in [0.15, 0.2) is 0 Å². The van der Waals surface area contributed by atoms with Crippen LogP contribution in [0.15, 0.2) is 24.3 Å². The first kappa shape index (κ1) is 11.3. The van der Waals surface area contributed by atoms with Gasteiger partial charge in [0.25, 0.3) is 0 Å². The summed E-state index contributed by atoms with van der Waals surface area (Å²) in [5.41, 5.74) is 2.42. The van der Waals surface area contributed by atoms with Crippen LogP contribution in [0.2, 0.25) is 0 Å². The minimum Gasteiger partial charge on any atom is -0.497 e. The van der Waals surface area contributed by atoms with E-state index < -0.39 is 0 Å². The minimum atomic E-state index is 0.651. The number of nitrogens with one attached hydrogen (secondary N) is 1. The Morgan fingerprint density at radius 1 is 1.47 bits per heavy atom. The second-order valence-electron chi connectivity index (χ2n) is 3.02. The van der Waals surface area contributed by atoms with Crippen LogP contribution in [0.3, 0.4) is 0 Å². The van der Waals surface area contributed by atoms with E-state index in [9.17, 15) is 4.79 Å². The highest BCUT2D eigenvalue weighted by Gasteiger charge is 2.06. The molecular weight excluding hydrogens is 190 g/mol. The third kappa shape index (κ3) is 2.37. The molecule has 0 heterocycles. The third-order valence-electron chi connectivity index (χ3n) is 2.25. The highest BCUT2D eigenvalue weighted by Crippen LogP contribution is 2.26. The van der Waals surface area contributed by atoms with Gasteiger partial charge in [-0.3, -0.25) is 4.79 Å². The summed E-state index contributed by atoms with van der Waals surface area (Å²) in [5.74, 6) is 0.741. The second kappa shape index (κ2) is 5.20. The summed E-state index contributed by atoms with van der Waals surface area (Å²) in [5, 5.41) is 3.04. The van der Waals surface area contributed by atoms with E-state index in [0.29, 0.717) is 5.57 Å². The van der Waals surface area contributed by atoms with Crippen LogP contribution >= 0.6 is 0 Å². The van der Waals surface area contributed by atoms with Crippen molar-refractivity contribution in [1.29, 1.82) is 0 Å². The fourth-order valence-corrected chi connectivity index (χ4v) is 1.39. The summed E-state index contributed by atoms with van der Waals surface area (Å²) in [4.78, 5) is 10.9. The summed E-state index contributed by atoms with van der Waals surface area (Å²) in [6, 6.07) is 5.59. The summed E-state index contributed by atoms with van der Waals surface area (Å²) in [7, 11) is 3.43. The lowest BCUT2D eigenvalue weighted by Gasteiger charge is -2.10. The van der Waals surface area contributed by atoms with Gasteiger partial charge in [-0.1, -0.05) is 6.08 Å². The number of allylic oxidation sites excluding steroid dienone is 2. The van der Waals surface area contributed by atoms with Crippen LogP contribution in [0.5, 0.6) is 5.75 Å². The number of ether oxygens (including phenoxy) is 1. The molecule has 0 spiro atoms. The molecule has 0 fully saturated rings. The lowest BCUT2D eigenvalue weighted by molar-refractivity contribution is -0.103. The van der Waals surface area contributed by atoms with Crippen molar-refractivity contribution in [2.75, 3.05) is 19.5 Å². The standard InChI is InChI=1S/C12H15NO2/c1-4-9(8-14)11-7-10(15-3)5-6-12(11)13-2/h4-8,13H,1-3H3/b9-4-. The lowest BCUT2D eigenvalue weighted by atomic mass is 10.0. The maximum Gasteiger partial charge on any atom is 0.150 e. The van der Waals surface area contributed by atoms with Crippen molar-refractivity contribution in [3.05, 3.63) is 29.8 Å². The SMILES string of the molecule is C/C=C(/C=O)c1cc(OC)ccc1NC. The number of carbonyl (C=O) groups excluding carboxylic acids is 1. The van der Waals surface area contributed by atoms with Gasteiger partial charge in [0.2, 0.25) is 0 Å². The van der Waals surface area contributed by atoms with Gasteiger partial charge in [0.05, 0.1) is 7.11 Å². The largest absolute Gasteiger partial charge is 0.497 e. The summed E-state index contributed by atoms with van der Waals surface area (Å²) in [6.45, 7) is 1.84. The first-order valence-electron chi connectivity index (χ1n) is 4.74. The number of methoxy groups -OCH3 is 1. The van der Waals surface area contributed by atoms with Gasteiger partial charge in [-0.15, -0.1) is 0 Å². The Morgan fingerprint density at radius 3 is 2.67 bits per heavy atom. The quantitative estimate of drug-likeness (QED) is 0.605. The van der Waals surface area contributed by atoms with Crippen molar-refractivity contribution in [2.24, 2.45) is 0 Å². The molecule has 1 N–H and O–H groups in total. The van der Waals surface area contributed by atoms with Crippen LogP contribution in [0, 0.1) is 0 Å². The molecule has 0 aliphatic rings. The van der Waals surface area contributed by atoms with Gasteiger partial charge < -0.3 is 10.1 Å². The average Bonchev–Trinajstić information content (AvgIpc) is 2.30. The van der Waals surface area contributed by atoms with Gasteiger partial charge in [0.1, 0.15) is 12.0 Å². The fraction of sp³-hybridized carbons (Fsp3) is 0.250. The molecule has 0 bridgehead atoms. The number of aldehydes is 1. The molecule has 0 aliphatic heterocycles. The van der Waals surface area contributed by atoms with Gasteiger partial charge >= 0.3 is 0 Å². The predicted molar refractivity (Wildman–Crippen MR) is 62.3 cm³/mol. The topological polar surface area (TPSA) is 38.3 Å². The molecule has 0 aliphatic carbocycles. The molecule has 0 amide bonds. The first-order chi connectivity index (χ1) is 7.26. The molecule has 3 nitrogen and oxygen atoms in total. The van der Waals surface area contributed by atoms with Crippen LogP contribution < -0.4 is 10.1 Å². The highest BCUT2D eigenvalue weighted by molar-refractivity contribution is 6.09. The maximum atomic E-state index is 10.9. The third-order valence-corrected chi connectivity index (χ3v) is 2.25. The Balaban J connectivity index is 3.28. The molecule has 0 aromatic heterocycles. The molecule has 0 unspecified atom stereocenters. The fourth-order valence-electron chi connectivity index (χ4n) is 1.39. The van der Waals surface area contributed by atoms with Gasteiger partial charge in [0, 0.05) is 23.9 Å². The molecule has 0 atom stereocenters. The van der Waals surface area contributed by atoms with Gasteiger partial charge in [-0.2, -0.15) is 0 Å². The molecule has 80 valence electrons. The smallest absolute Gasteiger partial charge is 0.150 e. The van der Waals surface area contributed by atoms with Crippen molar-refractivity contribution in [3.63, 3.8) is 0 Å². The van der Waals surface area contributed by atoms with Crippen molar-refractivity contribution in [1.82, 2.24) is 0 Å². The van der Waals surface area contributed by atoms with E-state index in [1.165, 1.54) is 0 Å². The molecule has 3 heteroatoms. The molecule has 1 aromatic carbocycles. The Hall–Kier alpha value is -1.77. The normalized spacial score (nSPS) is 11.0. The minimum absolute atomic E-state index is 0.651. The number of benzene rings is 1. The van der Waals surface area contributed by atoms with Crippen LogP contribution in [-0.2, 0) is 4.79 Å². The Bertz CT molecular complexity index is 383. The average molecular weight is 205 g/mol. The van der Waals surface area contributed by atoms with E-state index in [2.05, 4.69) is 5.32 Å². The van der Waals surface area contributed by atoms with Crippen LogP contribution in [0.4, 0.5) is 5.69 Å². The van der Waals surface area contributed by atoms with Crippen molar-refractivity contribution >= 4 is 17.5 Å². The van der Waals surface area contributed by atoms with E-state index in [4.69, 9.17) is 4.74 Å². The summed E-state index contributed by atoms with van der Waals surface area (Å²) in [6.07, 6.45) is 2.62. The molecule has 1 aromatic rings. The van der Waals surface area contributed by atoms with Crippen LogP contribution in [-0.4, -0.2) is 20.4 Å². The second-order valence-corrected chi connectivity index (χ2v) is 3.02. The van der Waals surface area contributed by atoms with Gasteiger partial charge in [-0.05, 0) is 25.1 Å². The van der Waals surface area contributed by atoms with E-state index >= 15 is 0 Å². The lowest BCUT2D eigenvalue weighted by Crippen LogP contribution is -1.96. The number of carbonyl (C=O) groups is 1. The Morgan fingerprint density at radius 2 is 2.20 bits per heavy atom. The zero-order chi connectivity index (χ0) is 11.3. The number of hydrogen-bond acceptors (Lipinski definition) is 3. The molecule has 0 radical (unpaired) electrons. The van der Waals surface area contributed by atoms with Crippen LogP contribution in [0.1, 0.15) is 12.5 Å². The summed E-state index contributed by atoms with van der Waals surface area (Å²) < 4.78 is 5.12. The summed E-state index contributed by atoms with van der Waals surface area (Å²) >= 11 is 0. The zero-order valence-electron chi connectivity index (χ0n) is 9.20. The molecule has 0 saturated heterocycles. The van der Waals surface area contributed by atoms with E-state index in [1.807, 2.05) is 32.2 Å². The van der Waals surface area contributed by atoms with Gasteiger partial charge in [-0.25, -0.2) is 0 Å². The van der Waals surface area contributed by atoms with E-state index in [-0.39, 0.29) is 0 Å². The number of hydrogen-bond donors (Lipinski definition) is 1. The monoisotopic (exact) mass is 205 g/mol. The first-order valence-corrected chi connectivity index (χ1v) is 4.74. The molecule has 0 saturated carbocycles. The maximum absolute atomic E-state index is 10.9. The molecular formula is C12H15NO2. The molecule has 15 heavy (non-hydrogen) atoms. The van der Waals surface area contributed by atoms with E-state index in [1.54, 1.807) is 13.2 Å². The Labute approximate surface area is 89.8 Å². The van der Waals surface area contributed by atoms with Crippen LogP contribution in [0.25, 0.3) is 5.57 Å². The highest BCUT2D eigenvalue weighted by atomic mass is 16.5. The number of anilines is 1. The Kier molecular flexibility index (Phi) is 3.92. The van der Waals surface area contributed by atoms with Crippen molar-refractivity contribution < 1.29 is 9.53 Å². The molecule has 1 rings (SSSR count). The predicted octanol–water partition coefficient (Wildman–Crippen LogP) is 2.34. The van der Waals surface area contributed by atoms with Crippen molar-refractivity contribution in [3.8, 4) is 5.75 Å². The zero-order valence-corrected chi connectivity index (χ0v) is 9.20.